The van der Waals surface area contributed by atoms with Crippen molar-refractivity contribution in [1.29, 1.82) is 0 Å². The van der Waals surface area contributed by atoms with E-state index in [1.165, 1.54) is 0 Å². The third-order valence-electron chi connectivity index (χ3n) is 4.66. The topological polar surface area (TPSA) is 47.4 Å². The highest BCUT2D eigenvalue weighted by Gasteiger charge is 2.25. The summed E-state index contributed by atoms with van der Waals surface area (Å²) >= 11 is 0. The van der Waals surface area contributed by atoms with E-state index in [1.54, 1.807) is 7.11 Å². The van der Waals surface area contributed by atoms with Gasteiger partial charge >= 0.3 is 0 Å². The summed E-state index contributed by atoms with van der Waals surface area (Å²) in [5.41, 5.74) is 2.92. The number of hydrogen-bond acceptors (Lipinski definition) is 3. The zero-order valence-corrected chi connectivity index (χ0v) is 14.8. The minimum atomic E-state index is 0.0871. The Balaban J connectivity index is 1.59. The smallest absolute Gasteiger partial charge is 0.233 e. The van der Waals surface area contributed by atoms with Crippen LogP contribution in [-0.4, -0.2) is 29.1 Å². The molecule has 0 spiro atoms. The maximum absolute atomic E-state index is 12.8. The minimum absolute atomic E-state index is 0.0871. The second-order valence-electron chi connectivity index (χ2n) is 6.41. The number of anilines is 1. The van der Waals surface area contributed by atoms with Gasteiger partial charge in [-0.2, -0.15) is 0 Å². The first kappa shape index (κ1) is 16.4. The van der Waals surface area contributed by atoms with E-state index in [0.29, 0.717) is 13.0 Å². The van der Waals surface area contributed by atoms with E-state index in [0.717, 1.165) is 41.5 Å². The molecule has 1 aliphatic rings. The molecule has 0 saturated heterocycles. The summed E-state index contributed by atoms with van der Waals surface area (Å²) in [6.45, 7) is 1.60. The van der Waals surface area contributed by atoms with Crippen LogP contribution < -0.4 is 9.64 Å². The van der Waals surface area contributed by atoms with Gasteiger partial charge in [-0.05, 0) is 36.2 Å². The van der Waals surface area contributed by atoms with E-state index >= 15 is 0 Å². The lowest BCUT2D eigenvalue weighted by Crippen LogP contribution is -2.38. The lowest BCUT2D eigenvalue weighted by molar-refractivity contribution is -0.118. The molecule has 1 aromatic heterocycles. The molecule has 0 atom stereocenters. The first-order chi connectivity index (χ1) is 12.7. The maximum atomic E-state index is 12.8. The van der Waals surface area contributed by atoms with Crippen LogP contribution in [0, 0.1) is 0 Å². The summed E-state index contributed by atoms with van der Waals surface area (Å²) < 4.78 is 7.29. The lowest BCUT2D eigenvalue weighted by Gasteiger charge is -2.27. The SMILES string of the molecule is COc1ccc(-c2cn3c(n2)N(C(=O)Cc2ccccc2)CCC3)cc1. The van der Waals surface area contributed by atoms with Gasteiger partial charge in [-0.3, -0.25) is 9.69 Å². The average Bonchev–Trinajstić information content (AvgIpc) is 3.13. The average molecular weight is 347 g/mol. The van der Waals surface area contributed by atoms with E-state index in [9.17, 15) is 4.79 Å². The van der Waals surface area contributed by atoms with Crippen LogP contribution in [-0.2, 0) is 17.8 Å². The van der Waals surface area contributed by atoms with E-state index in [1.807, 2.05) is 65.7 Å². The summed E-state index contributed by atoms with van der Waals surface area (Å²) in [6, 6.07) is 17.7. The maximum Gasteiger partial charge on any atom is 0.233 e. The zero-order valence-electron chi connectivity index (χ0n) is 14.8. The number of imidazole rings is 1. The zero-order chi connectivity index (χ0) is 17.9. The summed E-state index contributed by atoms with van der Waals surface area (Å²) in [4.78, 5) is 19.4. The number of benzene rings is 2. The standard InChI is InChI=1S/C21H21N3O2/c1-26-18-10-8-17(9-11-18)19-15-23-12-5-13-24(21(23)22-19)20(25)14-16-6-3-2-4-7-16/h2-4,6-11,15H,5,12-14H2,1H3. The summed E-state index contributed by atoms with van der Waals surface area (Å²) in [5, 5.41) is 0. The number of aromatic nitrogens is 2. The van der Waals surface area contributed by atoms with Crippen molar-refractivity contribution in [2.24, 2.45) is 0 Å². The van der Waals surface area contributed by atoms with Crippen molar-refractivity contribution in [2.75, 3.05) is 18.6 Å². The number of rotatable bonds is 4. The first-order valence-electron chi connectivity index (χ1n) is 8.80. The highest BCUT2D eigenvalue weighted by atomic mass is 16.5. The molecular formula is C21H21N3O2. The summed E-state index contributed by atoms with van der Waals surface area (Å²) in [6.07, 6.45) is 3.36. The molecule has 0 aliphatic carbocycles. The van der Waals surface area contributed by atoms with Crippen molar-refractivity contribution >= 4 is 11.9 Å². The normalized spacial score (nSPS) is 13.3. The molecule has 0 unspecified atom stereocenters. The Hall–Kier alpha value is -3.08. The van der Waals surface area contributed by atoms with Crippen molar-refractivity contribution in [3.8, 4) is 17.0 Å². The van der Waals surface area contributed by atoms with Crippen LogP contribution in [0.1, 0.15) is 12.0 Å². The van der Waals surface area contributed by atoms with Crippen LogP contribution in [0.3, 0.4) is 0 Å². The second kappa shape index (κ2) is 7.04. The number of nitrogens with zero attached hydrogens (tertiary/aromatic N) is 3. The molecule has 1 aliphatic heterocycles. The summed E-state index contributed by atoms with van der Waals surface area (Å²) in [7, 11) is 1.65. The fourth-order valence-electron chi connectivity index (χ4n) is 3.29. The first-order valence-corrected chi connectivity index (χ1v) is 8.80. The van der Waals surface area contributed by atoms with E-state index < -0.39 is 0 Å². The molecule has 0 fully saturated rings. The molecule has 0 bridgehead atoms. The predicted molar refractivity (Wildman–Crippen MR) is 101 cm³/mol. The Bertz CT molecular complexity index is 901. The fraction of sp³-hybridized carbons (Fsp3) is 0.238. The van der Waals surface area contributed by atoms with E-state index in [-0.39, 0.29) is 5.91 Å². The monoisotopic (exact) mass is 347 g/mol. The number of methoxy groups -OCH3 is 1. The van der Waals surface area contributed by atoms with Gasteiger partial charge < -0.3 is 9.30 Å². The number of aryl methyl sites for hydroxylation is 1. The highest BCUT2D eigenvalue weighted by Crippen LogP contribution is 2.28. The molecule has 4 rings (SSSR count). The molecule has 2 heterocycles. The van der Waals surface area contributed by atoms with Crippen LogP contribution in [0.4, 0.5) is 5.95 Å². The fourth-order valence-corrected chi connectivity index (χ4v) is 3.29. The van der Waals surface area contributed by atoms with Gasteiger partial charge in [-0.1, -0.05) is 30.3 Å². The van der Waals surface area contributed by atoms with Gasteiger partial charge in [0.25, 0.3) is 0 Å². The van der Waals surface area contributed by atoms with Crippen LogP contribution in [0.5, 0.6) is 5.75 Å². The Morgan fingerprint density at radius 3 is 2.58 bits per heavy atom. The molecule has 5 heteroatoms. The lowest BCUT2D eigenvalue weighted by atomic mass is 10.1. The number of ether oxygens (including phenoxy) is 1. The third kappa shape index (κ3) is 3.20. The predicted octanol–water partition coefficient (Wildman–Crippen LogP) is 3.54. The van der Waals surface area contributed by atoms with Gasteiger partial charge in [0, 0.05) is 24.8 Å². The van der Waals surface area contributed by atoms with E-state index in [4.69, 9.17) is 9.72 Å². The number of fused-ring (bicyclic) bond motifs is 1. The van der Waals surface area contributed by atoms with Crippen LogP contribution in [0.25, 0.3) is 11.3 Å². The Labute approximate surface area is 152 Å². The molecular weight excluding hydrogens is 326 g/mol. The molecule has 3 aromatic rings. The van der Waals surface area contributed by atoms with Crippen molar-refractivity contribution in [2.45, 2.75) is 19.4 Å². The number of amides is 1. The molecule has 1 amide bonds. The van der Waals surface area contributed by atoms with Gasteiger partial charge in [0.15, 0.2) is 0 Å². The van der Waals surface area contributed by atoms with Crippen molar-refractivity contribution in [3.63, 3.8) is 0 Å². The molecule has 0 radical (unpaired) electrons. The highest BCUT2D eigenvalue weighted by molar-refractivity contribution is 5.93. The van der Waals surface area contributed by atoms with Gasteiger partial charge in [-0.15, -0.1) is 0 Å². The molecule has 2 aromatic carbocycles. The van der Waals surface area contributed by atoms with Crippen molar-refractivity contribution < 1.29 is 9.53 Å². The van der Waals surface area contributed by atoms with Crippen LogP contribution in [0.2, 0.25) is 0 Å². The molecule has 132 valence electrons. The Morgan fingerprint density at radius 2 is 1.85 bits per heavy atom. The number of carbonyl (C=O) groups is 1. The molecule has 0 saturated carbocycles. The van der Waals surface area contributed by atoms with Gasteiger partial charge in [-0.25, -0.2) is 4.98 Å². The largest absolute Gasteiger partial charge is 0.497 e. The van der Waals surface area contributed by atoms with Gasteiger partial charge in [0.1, 0.15) is 5.75 Å². The van der Waals surface area contributed by atoms with Gasteiger partial charge in [0.05, 0.1) is 19.2 Å². The Morgan fingerprint density at radius 1 is 1.08 bits per heavy atom. The van der Waals surface area contributed by atoms with Gasteiger partial charge in [0.2, 0.25) is 11.9 Å². The number of hydrogen-bond donors (Lipinski definition) is 0. The quantitative estimate of drug-likeness (QED) is 0.725. The van der Waals surface area contributed by atoms with Crippen molar-refractivity contribution in [1.82, 2.24) is 9.55 Å². The Kier molecular flexibility index (Phi) is 4.44. The van der Waals surface area contributed by atoms with E-state index in [2.05, 4.69) is 4.57 Å². The number of carbonyl (C=O) groups excluding carboxylic acids is 1. The third-order valence-corrected chi connectivity index (χ3v) is 4.66. The minimum Gasteiger partial charge on any atom is -0.497 e. The molecule has 5 nitrogen and oxygen atoms in total. The second-order valence-corrected chi connectivity index (χ2v) is 6.41. The molecule has 0 N–H and O–H groups in total. The van der Waals surface area contributed by atoms with Crippen LogP contribution in [0.15, 0.2) is 60.8 Å². The molecule has 26 heavy (non-hydrogen) atoms. The summed E-state index contributed by atoms with van der Waals surface area (Å²) in [5.74, 6) is 1.64. The van der Waals surface area contributed by atoms with Crippen molar-refractivity contribution in [3.05, 3.63) is 66.4 Å². The van der Waals surface area contributed by atoms with Crippen LogP contribution >= 0.6 is 0 Å².